The summed E-state index contributed by atoms with van der Waals surface area (Å²) in [5.41, 5.74) is 3.88. The van der Waals surface area contributed by atoms with Gasteiger partial charge in [-0.2, -0.15) is 11.8 Å². The lowest BCUT2D eigenvalue weighted by molar-refractivity contribution is 0.404. The highest BCUT2D eigenvalue weighted by Gasteiger charge is 2.37. The molecule has 1 heterocycles. The van der Waals surface area contributed by atoms with Crippen molar-refractivity contribution in [1.29, 1.82) is 0 Å². The molecule has 1 aliphatic heterocycles. The highest BCUT2D eigenvalue weighted by Crippen LogP contribution is 2.41. The van der Waals surface area contributed by atoms with Crippen molar-refractivity contribution in [2.45, 2.75) is 37.0 Å². The minimum Gasteiger partial charge on any atom is -0.271 e. The third-order valence-corrected chi connectivity index (χ3v) is 6.03. The molecule has 0 amide bonds. The van der Waals surface area contributed by atoms with Crippen LogP contribution in [0.1, 0.15) is 25.3 Å². The SMILES string of the molecule is CC1(C(Cc2cc(F)ccc2Br)NN)CCCS1. The molecule has 1 aromatic carbocycles. The van der Waals surface area contributed by atoms with Crippen LogP contribution in [0.3, 0.4) is 0 Å². The first kappa shape index (κ1) is 14.3. The van der Waals surface area contributed by atoms with Crippen LogP contribution in [0, 0.1) is 5.82 Å². The summed E-state index contributed by atoms with van der Waals surface area (Å²) in [5, 5.41) is 0. The van der Waals surface area contributed by atoms with Gasteiger partial charge in [-0.15, -0.1) is 0 Å². The smallest absolute Gasteiger partial charge is 0.123 e. The second kappa shape index (κ2) is 5.90. The molecule has 2 unspecified atom stereocenters. The van der Waals surface area contributed by atoms with Crippen molar-refractivity contribution in [1.82, 2.24) is 5.43 Å². The standard InChI is InChI=1S/C13H18BrFN2S/c1-13(5-2-6-18-13)12(17-16)8-9-7-10(15)3-4-11(9)14/h3-4,7,12,17H,2,5-6,8,16H2,1H3. The summed E-state index contributed by atoms with van der Waals surface area (Å²) < 4.78 is 14.4. The number of nitrogens with one attached hydrogen (secondary N) is 1. The number of hydrogen-bond donors (Lipinski definition) is 2. The quantitative estimate of drug-likeness (QED) is 0.656. The predicted octanol–water partition coefficient (Wildman–Crippen LogP) is 3.25. The van der Waals surface area contributed by atoms with E-state index in [0.29, 0.717) is 0 Å². The van der Waals surface area contributed by atoms with Gasteiger partial charge < -0.3 is 0 Å². The van der Waals surface area contributed by atoms with E-state index in [9.17, 15) is 4.39 Å². The van der Waals surface area contributed by atoms with E-state index >= 15 is 0 Å². The van der Waals surface area contributed by atoms with Crippen LogP contribution in [-0.2, 0) is 6.42 Å². The monoisotopic (exact) mass is 332 g/mol. The Morgan fingerprint density at radius 3 is 3.00 bits per heavy atom. The van der Waals surface area contributed by atoms with E-state index in [1.165, 1.54) is 18.2 Å². The molecule has 0 aromatic heterocycles. The number of thioether (sulfide) groups is 1. The number of nitrogens with two attached hydrogens (primary N) is 1. The van der Waals surface area contributed by atoms with Crippen molar-refractivity contribution >= 4 is 27.7 Å². The van der Waals surface area contributed by atoms with Crippen molar-refractivity contribution in [3.8, 4) is 0 Å². The third kappa shape index (κ3) is 3.07. The van der Waals surface area contributed by atoms with Gasteiger partial charge in [0.1, 0.15) is 5.82 Å². The minimum atomic E-state index is -0.201. The van der Waals surface area contributed by atoms with E-state index in [2.05, 4.69) is 28.3 Å². The van der Waals surface area contributed by atoms with Crippen LogP contribution >= 0.6 is 27.7 Å². The van der Waals surface area contributed by atoms with Gasteiger partial charge >= 0.3 is 0 Å². The molecule has 1 aromatic rings. The molecular formula is C13H18BrFN2S. The molecular weight excluding hydrogens is 315 g/mol. The summed E-state index contributed by atoms with van der Waals surface area (Å²) in [7, 11) is 0. The van der Waals surface area contributed by atoms with Gasteiger partial charge in [0.05, 0.1) is 0 Å². The van der Waals surface area contributed by atoms with Crippen LogP contribution in [0.25, 0.3) is 0 Å². The predicted molar refractivity (Wildman–Crippen MR) is 79.0 cm³/mol. The van der Waals surface area contributed by atoms with E-state index in [1.807, 2.05) is 11.8 Å². The molecule has 0 aliphatic carbocycles. The van der Waals surface area contributed by atoms with Crippen LogP contribution in [0.15, 0.2) is 22.7 Å². The summed E-state index contributed by atoms with van der Waals surface area (Å²) in [5.74, 6) is 6.68. The lowest BCUT2D eigenvalue weighted by Gasteiger charge is -2.33. The van der Waals surface area contributed by atoms with Crippen molar-refractivity contribution in [3.05, 3.63) is 34.1 Å². The first-order valence-electron chi connectivity index (χ1n) is 6.09. The lowest BCUT2D eigenvalue weighted by atomic mass is 9.91. The van der Waals surface area contributed by atoms with Gasteiger partial charge in [0.15, 0.2) is 0 Å². The van der Waals surface area contributed by atoms with E-state index in [4.69, 9.17) is 5.84 Å². The normalized spacial score (nSPS) is 25.3. The molecule has 3 N–H and O–H groups in total. The van der Waals surface area contributed by atoms with Crippen molar-refractivity contribution in [2.75, 3.05) is 5.75 Å². The number of benzene rings is 1. The molecule has 2 atom stereocenters. The zero-order valence-corrected chi connectivity index (χ0v) is 12.8. The molecule has 100 valence electrons. The third-order valence-electron chi connectivity index (χ3n) is 3.62. The molecule has 0 radical (unpaired) electrons. The second-order valence-electron chi connectivity index (χ2n) is 4.92. The van der Waals surface area contributed by atoms with Crippen LogP contribution < -0.4 is 11.3 Å². The molecule has 2 rings (SSSR count). The number of rotatable bonds is 4. The van der Waals surface area contributed by atoms with Crippen molar-refractivity contribution < 1.29 is 4.39 Å². The van der Waals surface area contributed by atoms with Gasteiger partial charge in [0.25, 0.3) is 0 Å². The Hall–Kier alpha value is -0.100. The fourth-order valence-electron chi connectivity index (χ4n) is 2.45. The average Bonchev–Trinajstić information content (AvgIpc) is 2.78. The maximum absolute atomic E-state index is 13.3. The Kier molecular flexibility index (Phi) is 4.69. The molecule has 5 heteroatoms. The summed E-state index contributed by atoms with van der Waals surface area (Å²) in [6.07, 6.45) is 3.11. The van der Waals surface area contributed by atoms with E-state index in [-0.39, 0.29) is 16.6 Å². The van der Waals surface area contributed by atoms with Crippen LogP contribution in [0.2, 0.25) is 0 Å². The first-order valence-corrected chi connectivity index (χ1v) is 7.87. The molecule has 1 saturated heterocycles. The Balaban J connectivity index is 2.17. The van der Waals surface area contributed by atoms with Gasteiger partial charge in [0, 0.05) is 15.3 Å². The van der Waals surface area contributed by atoms with Crippen molar-refractivity contribution in [2.24, 2.45) is 5.84 Å². The van der Waals surface area contributed by atoms with E-state index in [0.717, 1.165) is 22.9 Å². The van der Waals surface area contributed by atoms with Gasteiger partial charge in [0.2, 0.25) is 0 Å². The topological polar surface area (TPSA) is 38.0 Å². The van der Waals surface area contributed by atoms with E-state index in [1.54, 1.807) is 12.1 Å². The lowest BCUT2D eigenvalue weighted by Crippen LogP contribution is -2.50. The highest BCUT2D eigenvalue weighted by atomic mass is 79.9. The summed E-state index contributed by atoms with van der Waals surface area (Å²) >= 11 is 5.43. The maximum Gasteiger partial charge on any atom is 0.123 e. The van der Waals surface area contributed by atoms with Crippen LogP contribution in [-0.4, -0.2) is 16.5 Å². The fraction of sp³-hybridized carbons (Fsp3) is 0.538. The Morgan fingerprint density at radius 2 is 2.39 bits per heavy atom. The minimum absolute atomic E-state index is 0.139. The van der Waals surface area contributed by atoms with E-state index < -0.39 is 0 Å². The summed E-state index contributed by atoms with van der Waals surface area (Å²) in [6, 6.07) is 4.95. The molecule has 0 bridgehead atoms. The summed E-state index contributed by atoms with van der Waals surface area (Å²) in [4.78, 5) is 0. The summed E-state index contributed by atoms with van der Waals surface area (Å²) in [6.45, 7) is 2.24. The van der Waals surface area contributed by atoms with Gasteiger partial charge in [-0.1, -0.05) is 15.9 Å². The maximum atomic E-state index is 13.3. The number of halogens is 2. The van der Waals surface area contributed by atoms with Crippen molar-refractivity contribution in [3.63, 3.8) is 0 Å². The first-order chi connectivity index (χ1) is 8.55. The largest absolute Gasteiger partial charge is 0.271 e. The highest BCUT2D eigenvalue weighted by molar-refractivity contribution is 9.10. The molecule has 18 heavy (non-hydrogen) atoms. The van der Waals surface area contributed by atoms with Crippen LogP contribution in [0.5, 0.6) is 0 Å². The molecule has 1 aliphatic rings. The van der Waals surface area contributed by atoms with Gasteiger partial charge in [-0.25, -0.2) is 4.39 Å². The number of hydrogen-bond acceptors (Lipinski definition) is 3. The Morgan fingerprint density at radius 1 is 1.61 bits per heavy atom. The zero-order chi connectivity index (χ0) is 13.2. The number of hydrazine groups is 1. The molecule has 0 spiro atoms. The Bertz CT molecular complexity index is 421. The average molecular weight is 333 g/mol. The molecule has 1 fully saturated rings. The molecule has 2 nitrogen and oxygen atoms in total. The van der Waals surface area contributed by atoms with Gasteiger partial charge in [-0.3, -0.25) is 11.3 Å². The Labute approximate surface area is 120 Å². The molecule has 0 saturated carbocycles. The van der Waals surface area contributed by atoms with Gasteiger partial charge in [-0.05, 0) is 55.7 Å². The van der Waals surface area contributed by atoms with Crippen LogP contribution in [0.4, 0.5) is 4.39 Å². The fourth-order valence-corrected chi connectivity index (χ4v) is 4.25. The second-order valence-corrected chi connectivity index (χ2v) is 7.41. The zero-order valence-electron chi connectivity index (χ0n) is 10.4.